The Labute approximate surface area is 125 Å². The number of hydrogen-bond acceptors (Lipinski definition) is 2. The van der Waals surface area contributed by atoms with Crippen LogP contribution >= 0.6 is 0 Å². The van der Waals surface area contributed by atoms with Crippen LogP contribution in [0.25, 0.3) is 0 Å². The first-order chi connectivity index (χ1) is 9.85. The summed E-state index contributed by atoms with van der Waals surface area (Å²) in [6, 6.07) is 1.73. The number of nitrogens with zero attached hydrogens (tertiary/aromatic N) is 1. The van der Waals surface area contributed by atoms with Crippen LogP contribution < -0.4 is 5.32 Å². The van der Waals surface area contributed by atoms with Crippen LogP contribution in [0.1, 0.15) is 71.1 Å². The van der Waals surface area contributed by atoms with Crippen molar-refractivity contribution < 1.29 is 0 Å². The van der Waals surface area contributed by atoms with E-state index in [1.807, 2.05) is 0 Å². The second-order valence-electron chi connectivity index (χ2n) is 7.60. The molecule has 2 atom stereocenters. The molecule has 0 spiro atoms. The van der Waals surface area contributed by atoms with Gasteiger partial charge in [-0.2, -0.15) is 0 Å². The summed E-state index contributed by atoms with van der Waals surface area (Å²) in [5.74, 6) is 2.05. The van der Waals surface area contributed by atoms with Gasteiger partial charge in [0.25, 0.3) is 0 Å². The standard InChI is InChI=1S/C18H34N2/c1-2-15-4-3-5-18(9-8-15)20-12-10-17(11-13-20)19-14-16-6-7-16/h15-19H,2-14H2,1H3. The Morgan fingerprint density at radius 3 is 2.30 bits per heavy atom. The van der Waals surface area contributed by atoms with Crippen molar-refractivity contribution in [1.29, 1.82) is 0 Å². The van der Waals surface area contributed by atoms with E-state index in [0.29, 0.717) is 0 Å². The van der Waals surface area contributed by atoms with Gasteiger partial charge >= 0.3 is 0 Å². The SMILES string of the molecule is CCC1CCCC(N2CCC(NCC3CC3)CC2)CC1. The molecule has 1 heterocycles. The number of nitrogens with one attached hydrogen (secondary N) is 1. The van der Waals surface area contributed by atoms with E-state index in [2.05, 4.69) is 17.1 Å². The third-order valence-electron chi connectivity index (χ3n) is 6.07. The Hall–Kier alpha value is -0.0800. The van der Waals surface area contributed by atoms with Crippen molar-refractivity contribution in [2.24, 2.45) is 11.8 Å². The summed E-state index contributed by atoms with van der Waals surface area (Å²) >= 11 is 0. The fraction of sp³-hybridized carbons (Fsp3) is 1.00. The summed E-state index contributed by atoms with van der Waals surface area (Å²) in [5, 5.41) is 3.81. The molecular formula is C18H34N2. The predicted octanol–water partition coefficient (Wildman–Crippen LogP) is 3.81. The van der Waals surface area contributed by atoms with Crippen LogP contribution in [0.4, 0.5) is 0 Å². The molecule has 0 amide bonds. The Kier molecular flexibility index (Phi) is 5.39. The van der Waals surface area contributed by atoms with Crippen molar-refractivity contribution in [2.75, 3.05) is 19.6 Å². The second-order valence-corrected chi connectivity index (χ2v) is 7.60. The monoisotopic (exact) mass is 278 g/mol. The van der Waals surface area contributed by atoms with Gasteiger partial charge in [0.1, 0.15) is 0 Å². The first-order valence-corrected chi connectivity index (χ1v) is 9.32. The van der Waals surface area contributed by atoms with Gasteiger partial charge in [0, 0.05) is 12.1 Å². The van der Waals surface area contributed by atoms with Crippen LogP contribution in [-0.4, -0.2) is 36.6 Å². The zero-order chi connectivity index (χ0) is 13.8. The summed E-state index contributed by atoms with van der Waals surface area (Å²) < 4.78 is 0. The largest absolute Gasteiger partial charge is 0.314 e. The summed E-state index contributed by atoms with van der Waals surface area (Å²) in [6.07, 6.45) is 14.5. The van der Waals surface area contributed by atoms with Crippen LogP contribution in [0.5, 0.6) is 0 Å². The molecule has 3 aliphatic rings. The fourth-order valence-corrected chi connectivity index (χ4v) is 4.26. The summed E-state index contributed by atoms with van der Waals surface area (Å²) in [6.45, 7) is 6.38. The van der Waals surface area contributed by atoms with Crippen molar-refractivity contribution in [3.05, 3.63) is 0 Å². The zero-order valence-corrected chi connectivity index (χ0v) is 13.4. The average Bonchev–Trinajstić information content (AvgIpc) is 3.32. The van der Waals surface area contributed by atoms with E-state index < -0.39 is 0 Å². The molecule has 1 aliphatic heterocycles. The maximum absolute atomic E-state index is 3.81. The minimum atomic E-state index is 0.820. The van der Waals surface area contributed by atoms with Crippen molar-refractivity contribution in [1.82, 2.24) is 10.2 Å². The topological polar surface area (TPSA) is 15.3 Å². The highest BCUT2D eigenvalue weighted by atomic mass is 15.2. The Morgan fingerprint density at radius 2 is 1.60 bits per heavy atom. The Balaban J connectivity index is 1.38. The second kappa shape index (κ2) is 7.26. The van der Waals surface area contributed by atoms with Gasteiger partial charge in [0.05, 0.1) is 0 Å². The maximum Gasteiger partial charge on any atom is 0.00953 e. The minimum absolute atomic E-state index is 0.820. The first kappa shape index (κ1) is 14.8. The number of rotatable bonds is 5. The molecule has 0 aromatic heterocycles. The minimum Gasteiger partial charge on any atom is -0.314 e. The van der Waals surface area contributed by atoms with Gasteiger partial charge in [0.2, 0.25) is 0 Å². The molecule has 3 fully saturated rings. The van der Waals surface area contributed by atoms with Gasteiger partial charge in [-0.1, -0.05) is 26.2 Å². The summed E-state index contributed by atoms with van der Waals surface area (Å²) in [4.78, 5) is 2.83. The van der Waals surface area contributed by atoms with E-state index in [4.69, 9.17) is 0 Å². The van der Waals surface area contributed by atoms with E-state index in [9.17, 15) is 0 Å². The molecule has 2 aliphatic carbocycles. The van der Waals surface area contributed by atoms with E-state index >= 15 is 0 Å². The molecule has 0 aromatic rings. The average molecular weight is 278 g/mol. The lowest BCUT2D eigenvalue weighted by Crippen LogP contribution is -2.46. The highest BCUT2D eigenvalue weighted by Gasteiger charge is 2.28. The highest BCUT2D eigenvalue weighted by molar-refractivity contribution is 4.85. The number of piperidine rings is 1. The van der Waals surface area contributed by atoms with Crippen molar-refractivity contribution in [3.63, 3.8) is 0 Å². The van der Waals surface area contributed by atoms with E-state index in [0.717, 1.165) is 23.9 Å². The Morgan fingerprint density at radius 1 is 0.850 bits per heavy atom. The van der Waals surface area contributed by atoms with Gasteiger partial charge in [-0.15, -0.1) is 0 Å². The molecule has 0 aromatic carbocycles. The van der Waals surface area contributed by atoms with Crippen molar-refractivity contribution in [2.45, 2.75) is 83.2 Å². The van der Waals surface area contributed by atoms with Crippen LogP contribution in [0.15, 0.2) is 0 Å². The molecule has 0 radical (unpaired) electrons. The normalized spacial score (nSPS) is 34.0. The van der Waals surface area contributed by atoms with Crippen LogP contribution in [0, 0.1) is 11.8 Å². The van der Waals surface area contributed by atoms with Gasteiger partial charge in [-0.25, -0.2) is 0 Å². The molecule has 1 N–H and O–H groups in total. The first-order valence-electron chi connectivity index (χ1n) is 9.32. The molecule has 2 unspecified atom stereocenters. The molecule has 0 bridgehead atoms. The lowest BCUT2D eigenvalue weighted by molar-refractivity contribution is 0.130. The third kappa shape index (κ3) is 4.21. The predicted molar refractivity (Wildman–Crippen MR) is 86.0 cm³/mol. The fourth-order valence-electron chi connectivity index (χ4n) is 4.26. The van der Waals surface area contributed by atoms with Crippen molar-refractivity contribution in [3.8, 4) is 0 Å². The quantitative estimate of drug-likeness (QED) is 0.769. The molecule has 1 saturated heterocycles. The van der Waals surface area contributed by atoms with Gasteiger partial charge in [0.15, 0.2) is 0 Å². The van der Waals surface area contributed by atoms with Crippen LogP contribution in [-0.2, 0) is 0 Å². The van der Waals surface area contributed by atoms with E-state index in [1.165, 1.54) is 83.8 Å². The molecule has 2 saturated carbocycles. The molecule has 3 rings (SSSR count). The van der Waals surface area contributed by atoms with E-state index in [1.54, 1.807) is 0 Å². The number of likely N-dealkylation sites (tertiary alicyclic amines) is 1. The maximum atomic E-state index is 3.81. The van der Waals surface area contributed by atoms with Gasteiger partial charge < -0.3 is 10.2 Å². The smallest absolute Gasteiger partial charge is 0.00953 e. The van der Waals surface area contributed by atoms with E-state index in [-0.39, 0.29) is 0 Å². The number of hydrogen-bond donors (Lipinski definition) is 1. The van der Waals surface area contributed by atoms with Gasteiger partial charge in [-0.05, 0) is 76.4 Å². The summed E-state index contributed by atoms with van der Waals surface area (Å²) in [5.41, 5.74) is 0. The molecule has 20 heavy (non-hydrogen) atoms. The highest BCUT2D eigenvalue weighted by Crippen LogP contribution is 2.30. The van der Waals surface area contributed by atoms with Crippen LogP contribution in [0.2, 0.25) is 0 Å². The lowest BCUT2D eigenvalue weighted by Gasteiger charge is -2.37. The van der Waals surface area contributed by atoms with Crippen molar-refractivity contribution >= 4 is 0 Å². The molecule has 2 nitrogen and oxygen atoms in total. The van der Waals surface area contributed by atoms with Crippen LogP contribution in [0.3, 0.4) is 0 Å². The lowest BCUT2D eigenvalue weighted by atomic mass is 9.97. The Bertz CT molecular complexity index is 279. The molecule has 116 valence electrons. The third-order valence-corrected chi connectivity index (χ3v) is 6.07. The molecular weight excluding hydrogens is 244 g/mol. The zero-order valence-electron chi connectivity index (χ0n) is 13.4. The summed E-state index contributed by atoms with van der Waals surface area (Å²) in [7, 11) is 0. The molecule has 2 heteroatoms. The van der Waals surface area contributed by atoms with Gasteiger partial charge in [-0.3, -0.25) is 0 Å².